The Morgan fingerprint density at radius 2 is 1.73 bits per heavy atom. The van der Waals surface area contributed by atoms with Crippen LogP contribution in [0.25, 0.3) is 5.69 Å². The van der Waals surface area contributed by atoms with E-state index >= 15 is 0 Å². The number of halogens is 2. The summed E-state index contributed by atoms with van der Waals surface area (Å²) in [7, 11) is 2.86. The number of methoxy groups -OCH3 is 2. The van der Waals surface area contributed by atoms with E-state index in [0.717, 1.165) is 0 Å². The predicted molar refractivity (Wildman–Crippen MR) is 122 cm³/mol. The zero-order valence-corrected chi connectivity index (χ0v) is 18.7. The maximum atomic E-state index is 13.5. The Balaban J connectivity index is 1.84. The maximum Gasteiger partial charge on any atom is 0.268 e. The number of Topliss-reactive ketones (excluding diaryl/α,β-unsaturated/α-hetero) is 1. The van der Waals surface area contributed by atoms with Gasteiger partial charge in [0.05, 0.1) is 24.9 Å². The fraction of sp³-hybridized carbons (Fsp3) is 0.208. The maximum absolute atomic E-state index is 13.5. The summed E-state index contributed by atoms with van der Waals surface area (Å²) in [4.78, 5) is 39.2. The van der Waals surface area contributed by atoms with E-state index in [1.807, 2.05) is 0 Å². The number of carbonyl (C=O) groups excluding carboxylic acids is 2. The van der Waals surface area contributed by atoms with E-state index in [1.165, 1.54) is 61.3 Å². The van der Waals surface area contributed by atoms with Crippen LogP contribution in [0.15, 0.2) is 47.3 Å². The summed E-state index contributed by atoms with van der Waals surface area (Å²) in [5.41, 5.74) is 0.546. The highest BCUT2D eigenvalue weighted by atomic mass is 35.5. The van der Waals surface area contributed by atoms with Gasteiger partial charge in [-0.15, -0.1) is 0 Å². The number of fused-ring (bicyclic) bond motifs is 1. The average Bonchev–Trinajstić information content (AvgIpc) is 2.80. The topological polar surface area (TPSA) is 86.6 Å². The van der Waals surface area contributed by atoms with E-state index < -0.39 is 17.3 Å². The van der Waals surface area contributed by atoms with Gasteiger partial charge in [-0.1, -0.05) is 11.6 Å². The first kappa shape index (κ1) is 22.5. The Morgan fingerprint density at radius 3 is 2.39 bits per heavy atom. The van der Waals surface area contributed by atoms with E-state index in [9.17, 15) is 18.8 Å². The molecule has 7 nitrogen and oxygen atoms in total. The molecule has 0 radical (unpaired) electrons. The van der Waals surface area contributed by atoms with E-state index in [0.29, 0.717) is 42.0 Å². The highest BCUT2D eigenvalue weighted by molar-refractivity contribution is 6.32. The molecule has 1 heterocycles. The number of nitrogens with zero attached hydrogens (tertiary/aromatic N) is 1. The van der Waals surface area contributed by atoms with Crippen LogP contribution < -0.4 is 20.3 Å². The second-order valence-electron chi connectivity index (χ2n) is 7.45. The van der Waals surface area contributed by atoms with Crippen LogP contribution in [-0.2, 0) is 6.42 Å². The zero-order valence-electron chi connectivity index (χ0n) is 17.9. The van der Waals surface area contributed by atoms with Crippen molar-refractivity contribution in [2.24, 2.45) is 0 Å². The molecule has 33 heavy (non-hydrogen) atoms. The van der Waals surface area contributed by atoms with Gasteiger partial charge in [0, 0.05) is 29.4 Å². The van der Waals surface area contributed by atoms with Crippen LogP contribution in [0.3, 0.4) is 0 Å². The van der Waals surface area contributed by atoms with Crippen LogP contribution in [0.5, 0.6) is 11.5 Å². The number of nitrogens with one attached hydrogen (secondary N) is 1. The summed E-state index contributed by atoms with van der Waals surface area (Å²) in [5.74, 6) is -0.737. The number of aromatic nitrogens is 1. The lowest BCUT2D eigenvalue weighted by Gasteiger charge is -2.22. The summed E-state index contributed by atoms with van der Waals surface area (Å²) in [6.45, 7) is 0. The van der Waals surface area contributed by atoms with E-state index in [4.69, 9.17) is 21.1 Å². The van der Waals surface area contributed by atoms with Gasteiger partial charge in [-0.05, 0) is 49.2 Å². The lowest BCUT2D eigenvalue weighted by molar-refractivity contribution is 0.0971. The normalized spacial score (nSPS) is 12.8. The van der Waals surface area contributed by atoms with Gasteiger partial charge in [-0.25, -0.2) is 4.39 Å². The Labute approximate surface area is 193 Å². The van der Waals surface area contributed by atoms with E-state index in [-0.39, 0.29) is 27.8 Å². The molecule has 4 rings (SSSR count). The molecule has 0 fully saturated rings. The molecule has 170 valence electrons. The SMILES string of the molecule is COc1cc(OC)c(NC(=O)c2cc3c(n(-c4ccc(F)cc4)c2=O)CCCC3=O)cc1Cl. The lowest BCUT2D eigenvalue weighted by atomic mass is 9.92. The Kier molecular flexibility index (Phi) is 6.20. The zero-order chi connectivity index (χ0) is 23.7. The number of hydrogen-bond donors (Lipinski definition) is 1. The second kappa shape index (κ2) is 9.07. The molecule has 1 aliphatic rings. The highest BCUT2D eigenvalue weighted by Gasteiger charge is 2.27. The van der Waals surface area contributed by atoms with Crippen molar-refractivity contribution in [3.05, 3.63) is 80.5 Å². The summed E-state index contributed by atoms with van der Waals surface area (Å²) in [5, 5.41) is 2.87. The van der Waals surface area contributed by atoms with E-state index in [2.05, 4.69) is 5.32 Å². The fourth-order valence-electron chi connectivity index (χ4n) is 3.87. The van der Waals surface area contributed by atoms with Crippen molar-refractivity contribution in [3.63, 3.8) is 0 Å². The Bertz CT molecular complexity index is 1320. The number of rotatable bonds is 5. The number of ether oxygens (including phenoxy) is 2. The van der Waals surface area contributed by atoms with Gasteiger partial charge in [0.15, 0.2) is 5.78 Å². The molecule has 0 aliphatic heterocycles. The van der Waals surface area contributed by atoms with E-state index in [1.54, 1.807) is 0 Å². The molecule has 1 N–H and O–H groups in total. The number of anilines is 1. The molecular weight excluding hydrogens is 451 g/mol. The molecule has 3 aromatic rings. The monoisotopic (exact) mass is 470 g/mol. The minimum Gasteiger partial charge on any atom is -0.495 e. The third kappa shape index (κ3) is 4.21. The third-order valence-electron chi connectivity index (χ3n) is 5.47. The first-order chi connectivity index (χ1) is 15.8. The van der Waals surface area contributed by atoms with Gasteiger partial charge in [-0.2, -0.15) is 0 Å². The predicted octanol–water partition coefficient (Wildman–Crippen LogP) is 4.42. The average molecular weight is 471 g/mol. The molecule has 0 unspecified atom stereocenters. The Morgan fingerprint density at radius 1 is 1.03 bits per heavy atom. The van der Waals surface area contributed by atoms with Gasteiger partial charge in [-0.3, -0.25) is 19.0 Å². The first-order valence-corrected chi connectivity index (χ1v) is 10.5. The minimum absolute atomic E-state index is 0.161. The Hall–Kier alpha value is -3.65. The number of amides is 1. The molecule has 1 aromatic heterocycles. The third-order valence-corrected chi connectivity index (χ3v) is 5.77. The van der Waals surface area contributed by atoms with Crippen molar-refractivity contribution in [3.8, 4) is 17.2 Å². The number of pyridine rings is 1. The van der Waals surface area contributed by atoms with Gasteiger partial charge in [0.1, 0.15) is 22.9 Å². The standard InChI is InChI=1S/C24H20ClFN2O5/c1-32-21-12-22(33-2)18(11-17(21)25)27-23(30)16-10-15-19(4-3-5-20(15)29)28(24(16)31)14-8-6-13(26)7-9-14/h6-12H,3-5H2,1-2H3,(H,27,30). The summed E-state index contributed by atoms with van der Waals surface area (Å²) >= 11 is 6.18. The van der Waals surface area contributed by atoms with Crippen LogP contribution in [0, 0.1) is 5.82 Å². The molecule has 0 saturated heterocycles. The van der Waals surface area contributed by atoms with Crippen LogP contribution in [0.4, 0.5) is 10.1 Å². The smallest absolute Gasteiger partial charge is 0.268 e. The molecule has 1 amide bonds. The largest absolute Gasteiger partial charge is 0.495 e. The van der Waals surface area contributed by atoms with Crippen LogP contribution in [-0.4, -0.2) is 30.5 Å². The second-order valence-corrected chi connectivity index (χ2v) is 7.86. The molecule has 0 atom stereocenters. The van der Waals surface area contributed by atoms with Gasteiger partial charge in [0.25, 0.3) is 11.5 Å². The van der Waals surface area contributed by atoms with Crippen LogP contribution in [0.2, 0.25) is 5.02 Å². The van der Waals surface area contributed by atoms with Crippen molar-refractivity contribution < 1.29 is 23.5 Å². The van der Waals surface area contributed by atoms with Crippen molar-refractivity contribution in [2.75, 3.05) is 19.5 Å². The van der Waals surface area contributed by atoms with Gasteiger partial charge >= 0.3 is 0 Å². The van der Waals surface area contributed by atoms with Gasteiger partial charge < -0.3 is 14.8 Å². The molecule has 0 spiro atoms. The number of benzene rings is 2. The van der Waals surface area contributed by atoms with Crippen molar-refractivity contribution in [2.45, 2.75) is 19.3 Å². The lowest BCUT2D eigenvalue weighted by Crippen LogP contribution is -2.33. The molecule has 9 heteroatoms. The number of ketones is 1. The van der Waals surface area contributed by atoms with Gasteiger partial charge in [0.2, 0.25) is 0 Å². The fourth-order valence-corrected chi connectivity index (χ4v) is 4.11. The van der Waals surface area contributed by atoms with Crippen molar-refractivity contribution in [1.82, 2.24) is 4.57 Å². The first-order valence-electron chi connectivity index (χ1n) is 10.1. The molecule has 1 aliphatic carbocycles. The van der Waals surface area contributed by atoms with Crippen LogP contribution >= 0.6 is 11.6 Å². The molecule has 0 bridgehead atoms. The number of hydrogen-bond acceptors (Lipinski definition) is 5. The molecular formula is C24H20ClFN2O5. The molecule has 2 aromatic carbocycles. The van der Waals surface area contributed by atoms with Crippen LogP contribution in [0.1, 0.15) is 39.3 Å². The highest BCUT2D eigenvalue weighted by Crippen LogP contribution is 2.36. The molecule has 0 saturated carbocycles. The van der Waals surface area contributed by atoms with Crippen molar-refractivity contribution in [1.29, 1.82) is 0 Å². The minimum atomic E-state index is -0.739. The number of carbonyl (C=O) groups is 2. The summed E-state index contributed by atoms with van der Waals surface area (Å²) in [6, 6.07) is 9.58. The summed E-state index contributed by atoms with van der Waals surface area (Å²) < 4.78 is 25.2. The summed E-state index contributed by atoms with van der Waals surface area (Å²) in [6.07, 6.45) is 1.38. The van der Waals surface area contributed by atoms with Crippen molar-refractivity contribution >= 4 is 29.0 Å². The quantitative estimate of drug-likeness (QED) is 0.596.